The maximum Gasteiger partial charge on any atom is 0.422 e. The Morgan fingerprint density at radius 3 is 2.76 bits per heavy atom. The van der Waals surface area contributed by atoms with E-state index >= 15 is 0 Å². The van der Waals surface area contributed by atoms with E-state index in [2.05, 4.69) is 37.2 Å². The Bertz CT molecular complexity index is 687. The number of nitrogens with zero attached hydrogens (tertiary/aromatic N) is 6. The zero-order chi connectivity index (χ0) is 17.9. The first-order valence-corrected chi connectivity index (χ1v) is 8.00. The Balaban J connectivity index is 1.57. The summed E-state index contributed by atoms with van der Waals surface area (Å²) in [7, 11) is 2.09. The molecule has 7 nitrogen and oxygen atoms in total. The van der Waals surface area contributed by atoms with Crippen LogP contribution in [0.3, 0.4) is 0 Å². The van der Waals surface area contributed by atoms with Crippen molar-refractivity contribution in [1.29, 1.82) is 0 Å². The smallest absolute Gasteiger partial charge is 0.422 e. The van der Waals surface area contributed by atoms with Gasteiger partial charge in [0.15, 0.2) is 6.61 Å². The SMILES string of the molecule is CN1CCCC(c2cn(Cc3ccc(OCC(F)(F)F)nn3)nn2)C1. The maximum atomic E-state index is 12.1. The molecule has 3 rings (SSSR count). The first-order chi connectivity index (χ1) is 11.9. The van der Waals surface area contributed by atoms with Crippen molar-refractivity contribution in [2.45, 2.75) is 31.5 Å². The molecule has 25 heavy (non-hydrogen) atoms. The molecule has 2 aromatic rings. The average Bonchev–Trinajstić information content (AvgIpc) is 3.02. The van der Waals surface area contributed by atoms with Gasteiger partial charge in [0.25, 0.3) is 0 Å². The number of likely N-dealkylation sites (tertiary alicyclic amines) is 1. The summed E-state index contributed by atoms with van der Waals surface area (Å²) in [6.45, 7) is 1.03. The third-order valence-electron chi connectivity index (χ3n) is 4.00. The van der Waals surface area contributed by atoms with E-state index in [0.717, 1.165) is 31.6 Å². The van der Waals surface area contributed by atoms with E-state index in [0.29, 0.717) is 18.2 Å². The molecule has 0 bridgehead atoms. The summed E-state index contributed by atoms with van der Waals surface area (Å²) in [5.41, 5.74) is 1.52. The van der Waals surface area contributed by atoms with E-state index < -0.39 is 12.8 Å². The Kier molecular flexibility index (Phi) is 5.16. The second-order valence-corrected chi connectivity index (χ2v) is 6.21. The number of piperidine rings is 1. The molecule has 1 aliphatic heterocycles. The summed E-state index contributed by atoms with van der Waals surface area (Å²) in [6.07, 6.45) is -0.281. The Morgan fingerprint density at radius 2 is 2.08 bits per heavy atom. The highest BCUT2D eigenvalue weighted by atomic mass is 19.4. The Labute approximate surface area is 142 Å². The molecule has 0 N–H and O–H groups in total. The van der Waals surface area contributed by atoms with Crippen LogP contribution in [0.2, 0.25) is 0 Å². The van der Waals surface area contributed by atoms with Crippen LogP contribution in [0.4, 0.5) is 13.2 Å². The number of alkyl halides is 3. The van der Waals surface area contributed by atoms with Gasteiger partial charge in [0.2, 0.25) is 5.88 Å². The van der Waals surface area contributed by atoms with Crippen LogP contribution in [0.25, 0.3) is 0 Å². The van der Waals surface area contributed by atoms with Gasteiger partial charge in [0.1, 0.15) is 0 Å². The monoisotopic (exact) mass is 356 g/mol. The molecule has 136 valence electrons. The number of likely N-dealkylation sites (N-methyl/N-ethyl adjacent to an activating group) is 1. The van der Waals surface area contributed by atoms with Gasteiger partial charge in [-0.1, -0.05) is 5.21 Å². The van der Waals surface area contributed by atoms with Crippen LogP contribution in [-0.4, -0.2) is 63.0 Å². The summed E-state index contributed by atoms with van der Waals surface area (Å²) in [5, 5.41) is 15.8. The molecule has 0 spiro atoms. The van der Waals surface area contributed by atoms with Crippen LogP contribution in [0, 0.1) is 0 Å². The minimum atomic E-state index is -4.40. The summed E-state index contributed by atoms with van der Waals surface area (Å²) in [6, 6.07) is 2.93. The van der Waals surface area contributed by atoms with Crippen LogP contribution in [0.1, 0.15) is 30.1 Å². The fourth-order valence-corrected chi connectivity index (χ4v) is 2.82. The number of hydrogen-bond donors (Lipinski definition) is 0. The molecular weight excluding hydrogens is 337 g/mol. The van der Waals surface area contributed by atoms with Gasteiger partial charge in [-0.05, 0) is 32.5 Å². The molecule has 3 heterocycles. The molecule has 1 atom stereocenters. The topological polar surface area (TPSA) is 69.0 Å². The van der Waals surface area contributed by atoms with Gasteiger partial charge in [-0.15, -0.1) is 15.3 Å². The lowest BCUT2D eigenvalue weighted by atomic mass is 9.96. The molecule has 1 aliphatic rings. The molecule has 0 aliphatic carbocycles. The van der Waals surface area contributed by atoms with E-state index in [-0.39, 0.29) is 5.88 Å². The van der Waals surface area contributed by atoms with Gasteiger partial charge in [0.05, 0.1) is 17.9 Å². The molecule has 0 aromatic carbocycles. The first-order valence-electron chi connectivity index (χ1n) is 8.00. The van der Waals surface area contributed by atoms with Crippen LogP contribution in [0.5, 0.6) is 5.88 Å². The highest BCUT2D eigenvalue weighted by Crippen LogP contribution is 2.24. The molecule has 1 unspecified atom stereocenters. The molecule has 0 saturated carbocycles. The Hall–Kier alpha value is -2.23. The average molecular weight is 356 g/mol. The van der Waals surface area contributed by atoms with Gasteiger partial charge < -0.3 is 9.64 Å². The first kappa shape index (κ1) is 17.6. The van der Waals surface area contributed by atoms with Gasteiger partial charge in [-0.3, -0.25) is 0 Å². The van der Waals surface area contributed by atoms with Crippen LogP contribution in [0.15, 0.2) is 18.3 Å². The molecule has 1 saturated heterocycles. The molecule has 2 aromatic heterocycles. The lowest BCUT2D eigenvalue weighted by molar-refractivity contribution is -0.154. The molecule has 0 radical (unpaired) electrons. The van der Waals surface area contributed by atoms with Gasteiger partial charge >= 0.3 is 6.18 Å². The minimum Gasteiger partial charge on any atom is -0.467 e. The Morgan fingerprint density at radius 1 is 1.24 bits per heavy atom. The van der Waals surface area contributed by atoms with E-state index in [1.807, 2.05) is 6.20 Å². The number of hydrogen-bond acceptors (Lipinski definition) is 6. The van der Waals surface area contributed by atoms with Gasteiger partial charge in [0, 0.05) is 24.7 Å². The number of halogens is 3. The highest BCUT2D eigenvalue weighted by molar-refractivity contribution is 5.12. The third kappa shape index (κ3) is 5.12. The number of aromatic nitrogens is 5. The van der Waals surface area contributed by atoms with Crippen molar-refractivity contribution >= 4 is 0 Å². The van der Waals surface area contributed by atoms with Crippen molar-refractivity contribution in [3.05, 3.63) is 29.7 Å². The number of rotatable bonds is 5. The van der Waals surface area contributed by atoms with Crippen molar-refractivity contribution in [2.75, 3.05) is 26.7 Å². The predicted octanol–water partition coefficient (Wildman–Crippen LogP) is 1.87. The van der Waals surface area contributed by atoms with Crippen molar-refractivity contribution in [2.24, 2.45) is 0 Å². The highest BCUT2D eigenvalue weighted by Gasteiger charge is 2.28. The summed E-state index contributed by atoms with van der Waals surface area (Å²) < 4.78 is 42.5. The lowest BCUT2D eigenvalue weighted by Gasteiger charge is -2.28. The van der Waals surface area contributed by atoms with Crippen LogP contribution in [-0.2, 0) is 6.54 Å². The summed E-state index contributed by atoms with van der Waals surface area (Å²) in [5.74, 6) is 0.210. The quantitative estimate of drug-likeness (QED) is 0.815. The summed E-state index contributed by atoms with van der Waals surface area (Å²) >= 11 is 0. The normalized spacial score (nSPS) is 19.1. The molecule has 1 fully saturated rings. The zero-order valence-corrected chi connectivity index (χ0v) is 13.8. The van der Waals surface area contributed by atoms with Crippen molar-refractivity contribution in [3.63, 3.8) is 0 Å². The fourth-order valence-electron chi connectivity index (χ4n) is 2.82. The minimum absolute atomic E-state index is 0.161. The predicted molar refractivity (Wildman–Crippen MR) is 82.2 cm³/mol. The van der Waals surface area contributed by atoms with Crippen LogP contribution < -0.4 is 4.74 Å². The number of ether oxygens (including phenoxy) is 1. The van der Waals surface area contributed by atoms with Crippen LogP contribution >= 0.6 is 0 Å². The van der Waals surface area contributed by atoms with Crippen molar-refractivity contribution < 1.29 is 17.9 Å². The fraction of sp³-hybridized carbons (Fsp3) is 0.600. The van der Waals surface area contributed by atoms with Gasteiger partial charge in [-0.25, -0.2) is 4.68 Å². The second-order valence-electron chi connectivity index (χ2n) is 6.21. The zero-order valence-electron chi connectivity index (χ0n) is 13.8. The van der Waals surface area contributed by atoms with E-state index in [1.54, 1.807) is 10.7 Å². The van der Waals surface area contributed by atoms with E-state index in [4.69, 9.17) is 0 Å². The third-order valence-corrected chi connectivity index (χ3v) is 4.00. The summed E-state index contributed by atoms with van der Waals surface area (Å²) in [4.78, 5) is 2.28. The maximum absolute atomic E-state index is 12.1. The largest absolute Gasteiger partial charge is 0.467 e. The lowest BCUT2D eigenvalue weighted by Crippen LogP contribution is -2.30. The van der Waals surface area contributed by atoms with Crippen molar-refractivity contribution in [3.8, 4) is 5.88 Å². The molecule has 0 amide bonds. The standard InChI is InChI=1S/C15H19F3N6O/c1-23-6-2-3-11(7-23)13-9-24(22-20-13)8-12-4-5-14(21-19-12)25-10-15(16,17)18/h4-5,9,11H,2-3,6-8,10H2,1H3. The van der Waals surface area contributed by atoms with Crippen molar-refractivity contribution in [1.82, 2.24) is 30.1 Å². The van der Waals surface area contributed by atoms with E-state index in [9.17, 15) is 13.2 Å². The van der Waals surface area contributed by atoms with E-state index in [1.165, 1.54) is 6.07 Å². The second kappa shape index (κ2) is 7.34. The van der Waals surface area contributed by atoms with Gasteiger partial charge in [-0.2, -0.15) is 13.2 Å². The molecule has 10 heteroatoms. The molecular formula is C15H19F3N6O.